The predicted molar refractivity (Wildman–Crippen MR) is 43.4 cm³/mol. The SMILES string of the molecule is CCC=CCCC=CC#N. The summed E-state index contributed by atoms with van der Waals surface area (Å²) in [5, 5.41) is 8.11. The van der Waals surface area contributed by atoms with Crippen LogP contribution in [0.5, 0.6) is 0 Å². The molecular weight excluding hydrogens is 122 g/mol. The van der Waals surface area contributed by atoms with Crippen molar-refractivity contribution in [1.29, 1.82) is 5.26 Å². The molecule has 0 atom stereocenters. The number of allylic oxidation sites excluding steroid dienone is 4. The van der Waals surface area contributed by atoms with Gasteiger partial charge in [-0.05, 0) is 19.3 Å². The zero-order valence-electron chi connectivity index (χ0n) is 6.38. The third-order valence-electron chi connectivity index (χ3n) is 1.09. The molecule has 0 aliphatic rings. The van der Waals surface area contributed by atoms with Crippen LogP contribution in [0, 0.1) is 11.3 Å². The maximum atomic E-state index is 8.11. The Morgan fingerprint density at radius 1 is 1.20 bits per heavy atom. The molecule has 0 fully saturated rings. The number of hydrogen-bond acceptors (Lipinski definition) is 1. The lowest BCUT2D eigenvalue weighted by Gasteiger charge is -1.82. The minimum atomic E-state index is 0.976. The Morgan fingerprint density at radius 2 is 1.90 bits per heavy atom. The first kappa shape index (κ1) is 8.97. The molecule has 0 aromatic heterocycles. The smallest absolute Gasteiger partial charge is 0.0908 e. The fraction of sp³-hybridized carbons (Fsp3) is 0.444. The van der Waals surface area contributed by atoms with Gasteiger partial charge in [0.25, 0.3) is 0 Å². The topological polar surface area (TPSA) is 23.8 Å². The molecule has 0 aromatic carbocycles. The van der Waals surface area contributed by atoms with E-state index in [-0.39, 0.29) is 0 Å². The van der Waals surface area contributed by atoms with E-state index in [9.17, 15) is 0 Å². The summed E-state index contributed by atoms with van der Waals surface area (Å²) in [6.07, 6.45) is 10.8. The lowest BCUT2D eigenvalue weighted by Crippen LogP contribution is -1.63. The molecule has 0 aliphatic carbocycles. The first-order valence-electron chi connectivity index (χ1n) is 3.61. The fourth-order valence-corrected chi connectivity index (χ4v) is 0.613. The first-order chi connectivity index (χ1) is 4.91. The van der Waals surface area contributed by atoms with Gasteiger partial charge in [0.1, 0.15) is 0 Å². The van der Waals surface area contributed by atoms with Gasteiger partial charge >= 0.3 is 0 Å². The lowest BCUT2D eigenvalue weighted by molar-refractivity contribution is 1.04. The van der Waals surface area contributed by atoms with Gasteiger partial charge in [-0.2, -0.15) is 5.26 Å². The van der Waals surface area contributed by atoms with Crippen LogP contribution < -0.4 is 0 Å². The standard InChI is InChI=1S/C9H13N/c1-2-3-4-5-6-7-8-9-10/h3-4,7-8H,2,5-6H2,1H3. The molecule has 0 spiro atoms. The molecule has 0 N–H and O–H groups in total. The average Bonchev–Trinajstić information content (AvgIpc) is 1.97. The summed E-state index contributed by atoms with van der Waals surface area (Å²) in [4.78, 5) is 0. The van der Waals surface area contributed by atoms with Gasteiger partial charge in [-0.25, -0.2) is 0 Å². The van der Waals surface area contributed by atoms with Gasteiger partial charge in [-0.3, -0.25) is 0 Å². The van der Waals surface area contributed by atoms with Crippen LogP contribution in [0.25, 0.3) is 0 Å². The Hall–Kier alpha value is -1.03. The molecule has 1 nitrogen and oxygen atoms in total. The largest absolute Gasteiger partial charge is 0.193 e. The minimum Gasteiger partial charge on any atom is -0.193 e. The second-order valence-corrected chi connectivity index (χ2v) is 1.99. The molecule has 0 saturated carbocycles. The maximum Gasteiger partial charge on any atom is 0.0908 e. The zero-order valence-corrected chi connectivity index (χ0v) is 6.38. The van der Waals surface area contributed by atoms with E-state index in [1.165, 1.54) is 6.08 Å². The Balaban J connectivity index is 3.14. The van der Waals surface area contributed by atoms with E-state index >= 15 is 0 Å². The van der Waals surface area contributed by atoms with Crippen molar-refractivity contribution in [2.75, 3.05) is 0 Å². The molecule has 0 unspecified atom stereocenters. The highest BCUT2D eigenvalue weighted by Crippen LogP contribution is 1.93. The monoisotopic (exact) mass is 135 g/mol. The zero-order chi connectivity index (χ0) is 7.66. The number of unbranched alkanes of at least 4 members (excludes halogenated alkanes) is 1. The van der Waals surface area contributed by atoms with Crippen molar-refractivity contribution >= 4 is 0 Å². The Morgan fingerprint density at radius 3 is 2.50 bits per heavy atom. The number of nitrogens with zero attached hydrogens (tertiary/aromatic N) is 1. The van der Waals surface area contributed by atoms with Gasteiger partial charge in [0.15, 0.2) is 0 Å². The molecular formula is C9H13N. The van der Waals surface area contributed by atoms with Crippen LogP contribution in [0.15, 0.2) is 24.3 Å². The Bertz CT molecular complexity index is 149. The third kappa shape index (κ3) is 6.97. The van der Waals surface area contributed by atoms with Crippen molar-refractivity contribution in [2.45, 2.75) is 26.2 Å². The van der Waals surface area contributed by atoms with E-state index in [0.717, 1.165) is 19.3 Å². The fourth-order valence-electron chi connectivity index (χ4n) is 0.613. The second-order valence-electron chi connectivity index (χ2n) is 1.99. The van der Waals surface area contributed by atoms with Crippen molar-refractivity contribution in [2.24, 2.45) is 0 Å². The van der Waals surface area contributed by atoms with E-state index in [1.54, 1.807) is 0 Å². The molecule has 0 aromatic rings. The summed E-state index contributed by atoms with van der Waals surface area (Å²) in [5.41, 5.74) is 0. The van der Waals surface area contributed by atoms with Crippen LogP contribution in [0.3, 0.4) is 0 Å². The van der Waals surface area contributed by atoms with Gasteiger partial charge in [0.05, 0.1) is 6.07 Å². The molecule has 10 heavy (non-hydrogen) atoms. The van der Waals surface area contributed by atoms with Crippen LogP contribution >= 0.6 is 0 Å². The second kappa shape index (κ2) is 7.97. The summed E-state index contributed by atoms with van der Waals surface area (Å²) >= 11 is 0. The van der Waals surface area contributed by atoms with E-state index in [2.05, 4.69) is 19.1 Å². The van der Waals surface area contributed by atoms with Crippen molar-refractivity contribution in [3.63, 3.8) is 0 Å². The molecule has 0 saturated heterocycles. The quantitative estimate of drug-likeness (QED) is 0.330. The summed E-state index contributed by atoms with van der Waals surface area (Å²) in [6, 6.07) is 1.95. The molecule has 0 amide bonds. The highest BCUT2D eigenvalue weighted by atomic mass is 14.2. The molecule has 54 valence electrons. The third-order valence-corrected chi connectivity index (χ3v) is 1.09. The summed E-state index contributed by atoms with van der Waals surface area (Å²) < 4.78 is 0. The van der Waals surface area contributed by atoms with Gasteiger partial charge < -0.3 is 0 Å². The molecule has 0 heterocycles. The number of hydrogen-bond donors (Lipinski definition) is 0. The number of nitriles is 1. The van der Waals surface area contributed by atoms with Crippen molar-refractivity contribution < 1.29 is 0 Å². The van der Waals surface area contributed by atoms with E-state index in [0.29, 0.717) is 0 Å². The summed E-state index contributed by atoms with van der Waals surface area (Å²) in [6.45, 7) is 2.11. The van der Waals surface area contributed by atoms with Gasteiger partial charge in [-0.1, -0.05) is 25.2 Å². The Kier molecular flexibility index (Phi) is 7.15. The summed E-state index contributed by atoms with van der Waals surface area (Å²) in [5.74, 6) is 0. The molecule has 0 bridgehead atoms. The van der Waals surface area contributed by atoms with E-state index in [1.807, 2.05) is 12.1 Å². The van der Waals surface area contributed by atoms with Gasteiger partial charge in [0, 0.05) is 6.08 Å². The first-order valence-corrected chi connectivity index (χ1v) is 3.61. The Labute approximate surface area is 62.7 Å². The predicted octanol–water partition coefficient (Wildman–Crippen LogP) is 2.81. The minimum absolute atomic E-state index is 0.976. The van der Waals surface area contributed by atoms with E-state index < -0.39 is 0 Å². The number of rotatable bonds is 4. The van der Waals surface area contributed by atoms with Gasteiger partial charge in [-0.15, -0.1) is 0 Å². The normalized spacial score (nSPS) is 10.8. The molecule has 0 radical (unpaired) electrons. The van der Waals surface area contributed by atoms with Crippen LogP contribution in [-0.4, -0.2) is 0 Å². The molecule has 1 heteroatoms. The van der Waals surface area contributed by atoms with Crippen molar-refractivity contribution in [3.05, 3.63) is 24.3 Å². The van der Waals surface area contributed by atoms with Crippen LogP contribution in [0.2, 0.25) is 0 Å². The van der Waals surface area contributed by atoms with Crippen LogP contribution in [0.4, 0.5) is 0 Å². The average molecular weight is 135 g/mol. The van der Waals surface area contributed by atoms with E-state index in [4.69, 9.17) is 5.26 Å². The molecule has 0 aliphatic heterocycles. The summed E-state index contributed by atoms with van der Waals surface area (Å²) in [7, 11) is 0. The lowest BCUT2D eigenvalue weighted by atomic mass is 10.2. The maximum absolute atomic E-state index is 8.11. The van der Waals surface area contributed by atoms with Crippen LogP contribution in [0.1, 0.15) is 26.2 Å². The highest BCUT2D eigenvalue weighted by Gasteiger charge is 1.73. The highest BCUT2D eigenvalue weighted by molar-refractivity contribution is 5.02. The van der Waals surface area contributed by atoms with Crippen molar-refractivity contribution in [3.8, 4) is 6.07 Å². The van der Waals surface area contributed by atoms with Crippen LogP contribution in [-0.2, 0) is 0 Å². The molecule has 0 rings (SSSR count). The van der Waals surface area contributed by atoms with Gasteiger partial charge in [0.2, 0.25) is 0 Å². The van der Waals surface area contributed by atoms with Crippen molar-refractivity contribution in [1.82, 2.24) is 0 Å².